The second-order valence-corrected chi connectivity index (χ2v) is 6.08. The summed E-state index contributed by atoms with van der Waals surface area (Å²) in [6.45, 7) is 0.199. The molecule has 9 nitrogen and oxygen atoms in total. The molecule has 3 aromatic heterocycles. The van der Waals surface area contributed by atoms with Gasteiger partial charge in [0.15, 0.2) is 28.8 Å². The van der Waals surface area contributed by atoms with Crippen molar-refractivity contribution >= 4 is 37.7 Å². The molecule has 0 aliphatic rings. The molecule has 4 rings (SSSR count). The van der Waals surface area contributed by atoms with Crippen molar-refractivity contribution in [2.75, 3.05) is 11.5 Å². The van der Waals surface area contributed by atoms with Crippen molar-refractivity contribution in [1.29, 1.82) is 0 Å². The van der Waals surface area contributed by atoms with Crippen LogP contribution in [0.15, 0.2) is 52.6 Å². The molecule has 140 valence electrons. The van der Waals surface area contributed by atoms with E-state index in [4.69, 9.17) is 11.5 Å². The largest absolute Gasteiger partial charge is 0.382 e. The SMILES string of the molecule is Nc1nc(-c2nn(Cc3ccccc3F)c3ncccc23)nc(N)c1N=NP. The molecule has 0 bridgehead atoms. The number of fused-ring (bicyclic) bond motifs is 1. The van der Waals surface area contributed by atoms with Crippen LogP contribution in [0.4, 0.5) is 21.7 Å². The molecule has 28 heavy (non-hydrogen) atoms. The molecular formula is C17H15FN9P. The first-order chi connectivity index (χ1) is 13.6. The summed E-state index contributed by atoms with van der Waals surface area (Å²) in [5.74, 6) is 0.0623. The first-order valence-electron chi connectivity index (χ1n) is 8.17. The second-order valence-electron chi connectivity index (χ2n) is 5.85. The van der Waals surface area contributed by atoms with Crippen LogP contribution >= 0.6 is 9.39 Å². The molecule has 0 saturated heterocycles. The highest BCUT2D eigenvalue weighted by Crippen LogP contribution is 2.32. The van der Waals surface area contributed by atoms with Gasteiger partial charge in [0.2, 0.25) is 0 Å². The van der Waals surface area contributed by atoms with Gasteiger partial charge in [0.25, 0.3) is 0 Å². The lowest BCUT2D eigenvalue weighted by Gasteiger charge is -2.05. The van der Waals surface area contributed by atoms with E-state index in [2.05, 4.69) is 39.4 Å². The highest BCUT2D eigenvalue weighted by atomic mass is 31.0. The van der Waals surface area contributed by atoms with E-state index in [0.717, 1.165) is 0 Å². The number of halogens is 1. The standard InChI is InChI=1S/C17H15FN9P/c18-11-6-2-1-4-9(11)8-27-17-10(5-3-7-21-17)12(25-27)16-22-14(19)13(24-26-28)15(20)23-16/h1-7H,8,28H2,(H4,19,20,22,23). The summed E-state index contributed by atoms with van der Waals surface area (Å²) >= 11 is 0. The van der Waals surface area contributed by atoms with Crippen LogP contribution in [0.5, 0.6) is 0 Å². The predicted molar refractivity (Wildman–Crippen MR) is 107 cm³/mol. The lowest BCUT2D eigenvalue weighted by Crippen LogP contribution is -2.05. The topological polar surface area (TPSA) is 133 Å². The number of pyridine rings is 1. The van der Waals surface area contributed by atoms with Crippen LogP contribution in [0.1, 0.15) is 5.56 Å². The summed E-state index contributed by atoms with van der Waals surface area (Å²) in [6, 6.07) is 10.1. The average Bonchev–Trinajstić information content (AvgIpc) is 3.05. The summed E-state index contributed by atoms with van der Waals surface area (Å²) in [5, 5.41) is 9.05. The highest BCUT2D eigenvalue weighted by Gasteiger charge is 2.19. The monoisotopic (exact) mass is 395 g/mol. The maximum absolute atomic E-state index is 14.1. The van der Waals surface area contributed by atoms with E-state index in [-0.39, 0.29) is 35.5 Å². The van der Waals surface area contributed by atoms with Crippen molar-refractivity contribution in [3.63, 3.8) is 0 Å². The Morgan fingerprint density at radius 1 is 1.07 bits per heavy atom. The summed E-state index contributed by atoms with van der Waals surface area (Å²) < 4.78 is 15.7. The van der Waals surface area contributed by atoms with Crippen LogP contribution in [0.25, 0.3) is 22.6 Å². The number of rotatable bonds is 4. The Morgan fingerprint density at radius 2 is 1.82 bits per heavy atom. The average molecular weight is 395 g/mol. The minimum Gasteiger partial charge on any atom is -0.382 e. The van der Waals surface area contributed by atoms with Crippen molar-refractivity contribution in [2.24, 2.45) is 10.00 Å². The van der Waals surface area contributed by atoms with E-state index >= 15 is 0 Å². The van der Waals surface area contributed by atoms with Crippen molar-refractivity contribution in [3.8, 4) is 11.5 Å². The third kappa shape index (κ3) is 3.14. The lowest BCUT2D eigenvalue weighted by molar-refractivity contribution is 0.589. The fourth-order valence-electron chi connectivity index (χ4n) is 2.83. The van der Waals surface area contributed by atoms with E-state index in [9.17, 15) is 4.39 Å². The van der Waals surface area contributed by atoms with E-state index in [0.29, 0.717) is 22.3 Å². The van der Waals surface area contributed by atoms with Crippen LogP contribution in [-0.4, -0.2) is 24.7 Å². The minimum atomic E-state index is -0.319. The van der Waals surface area contributed by atoms with E-state index in [1.165, 1.54) is 6.07 Å². The van der Waals surface area contributed by atoms with Gasteiger partial charge in [-0.1, -0.05) is 18.2 Å². The Bertz CT molecular complexity index is 1180. The number of benzene rings is 1. The van der Waals surface area contributed by atoms with Crippen molar-refractivity contribution in [2.45, 2.75) is 6.54 Å². The highest BCUT2D eigenvalue weighted by molar-refractivity contribution is 7.14. The summed E-state index contributed by atoms with van der Waals surface area (Å²) in [5.41, 5.74) is 13.6. The van der Waals surface area contributed by atoms with Gasteiger partial charge in [0.1, 0.15) is 11.5 Å². The molecule has 0 radical (unpaired) electrons. The fourth-order valence-corrected chi connectivity index (χ4v) is 2.94. The molecule has 3 heterocycles. The molecule has 1 aromatic carbocycles. The van der Waals surface area contributed by atoms with Gasteiger partial charge in [-0.3, -0.25) is 0 Å². The van der Waals surface area contributed by atoms with Gasteiger partial charge in [-0.05, 0) is 18.2 Å². The van der Waals surface area contributed by atoms with Crippen LogP contribution in [0.3, 0.4) is 0 Å². The van der Waals surface area contributed by atoms with Gasteiger partial charge < -0.3 is 11.5 Å². The molecule has 0 aliphatic heterocycles. The Kier molecular flexibility index (Phi) is 4.62. The zero-order chi connectivity index (χ0) is 19.7. The molecule has 1 atom stereocenters. The van der Waals surface area contributed by atoms with Gasteiger partial charge in [-0.15, -0.1) is 5.11 Å². The summed E-state index contributed by atoms with van der Waals surface area (Å²) in [6.07, 6.45) is 1.64. The maximum atomic E-state index is 14.1. The number of hydrogen-bond acceptors (Lipinski definition) is 8. The van der Waals surface area contributed by atoms with Gasteiger partial charge in [0, 0.05) is 21.2 Å². The Balaban J connectivity index is 1.86. The zero-order valence-corrected chi connectivity index (χ0v) is 15.6. The Hall–Kier alpha value is -3.52. The number of nitrogens with two attached hydrogens (primary N) is 2. The first kappa shape index (κ1) is 17.9. The smallest absolute Gasteiger partial charge is 0.184 e. The number of aromatic nitrogens is 5. The number of anilines is 2. The quantitative estimate of drug-likeness (QED) is 0.403. The third-order valence-electron chi connectivity index (χ3n) is 4.09. The number of nitrogens with zero attached hydrogens (tertiary/aromatic N) is 7. The lowest BCUT2D eigenvalue weighted by atomic mass is 10.2. The first-order valence-corrected chi connectivity index (χ1v) is 8.69. The van der Waals surface area contributed by atoms with Gasteiger partial charge in [-0.2, -0.15) is 9.98 Å². The molecule has 11 heteroatoms. The molecule has 4 N–H and O–H groups in total. The summed E-state index contributed by atoms with van der Waals surface area (Å²) in [7, 11) is 2.09. The van der Waals surface area contributed by atoms with Crippen molar-refractivity contribution in [1.82, 2.24) is 24.7 Å². The van der Waals surface area contributed by atoms with Crippen LogP contribution < -0.4 is 11.5 Å². The van der Waals surface area contributed by atoms with Crippen molar-refractivity contribution in [3.05, 3.63) is 54.0 Å². The van der Waals surface area contributed by atoms with E-state index in [1.54, 1.807) is 35.1 Å². The fraction of sp³-hybridized carbons (Fsp3) is 0.0588. The number of nitrogen functional groups attached to an aromatic ring is 2. The second kappa shape index (κ2) is 7.24. The molecule has 0 saturated carbocycles. The van der Waals surface area contributed by atoms with Gasteiger partial charge in [0.05, 0.1) is 11.9 Å². The molecule has 1 unspecified atom stereocenters. The Labute approximate surface area is 161 Å². The molecular weight excluding hydrogens is 380 g/mol. The molecule has 4 aromatic rings. The minimum absolute atomic E-state index is 0.0781. The van der Waals surface area contributed by atoms with Crippen LogP contribution in [0.2, 0.25) is 0 Å². The Morgan fingerprint density at radius 3 is 2.54 bits per heavy atom. The maximum Gasteiger partial charge on any atom is 0.184 e. The molecule has 0 aliphatic carbocycles. The third-order valence-corrected chi connectivity index (χ3v) is 4.21. The molecule has 0 fully saturated rings. The number of hydrogen-bond donors (Lipinski definition) is 2. The van der Waals surface area contributed by atoms with E-state index in [1.807, 2.05) is 6.07 Å². The summed E-state index contributed by atoms with van der Waals surface area (Å²) in [4.78, 5) is 16.5. The normalized spacial score (nSPS) is 11.5. The van der Waals surface area contributed by atoms with Crippen LogP contribution in [-0.2, 0) is 6.54 Å². The molecule has 0 spiro atoms. The van der Waals surface area contributed by atoms with E-state index < -0.39 is 0 Å². The predicted octanol–water partition coefficient (Wildman–Crippen LogP) is 3.11. The van der Waals surface area contributed by atoms with Crippen molar-refractivity contribution < 1.29 is 4.39 Å². The molecule has 0 amide bonds. The van der Waals surface area contributed by atoms with Gasteiger partial charge >= 0.3 is 0 Å². The van der Waals surface area contributed by atoms with Crippen LogP contribution in [0, 0.1) is 5.82 Å². The van der Waals surface area contributed by atoms with Gasteiger partial charge in [-0.25, -0.2) is 24.0 Å². The zero-order valence-electron chi connectivity index (χ0n) is 14.5.